The van der Waals surface area contributed by atoms with Crippen molar-refractivity contribution in [1.82, 2.24) is 0 Å². The zero-order valence-corrected chi connectivity index (χ0v) is 18.5. The molecule has 0 saturated carbocycles. The summed E-state index contributed by atoms with van der Waals surface area (Å²) in [5.74, 6) is 1.74. The van der Waals surface area contributed by atoms with Crippen LogP contribution in [-0.4, -0.2) is 18.6 Å². The first-order valence-corrected chi connectivity index (χ1v) is 10.9. The summed E-state index contributed by atoms with van der Waals surface area (Å²) in [5.41, 5.74) is 3.09. The second-order valence-electron chi connectivity index (χ2n) is 7.70. The highest BCUT2D eigenvalue weighted by Crippen LogP contribution is 2.29. The molecule has 3 rings (SSSR count). The maximum absolute atomic E-state index is 12.6. The minimum Gasteiger partial charge on any atom is -0.493 e. The number of anilines is 1. The van der Waals surface area contributed by atoms with E-state index in [4.69, 9.17) is 9.47 Å². The summed E-state index contributed by atoms with van der Waals surface area (Å²) in [6.45, 7) is 6.68. The molecule has 3 aromatic rings. The van der Waals surface area contributed by atoms with Crippen molar-refractivity contribution in [3.8, 4) is 11.5 Å². The number of hydrogen-bond donors (Lipinski definition) is 1. The Balaban J connectivity index is 1.51. The van der Waals surface area contributed by atoms with Crippen LogP contribution in [0.4, 0.5) is 5.69 Å². The van der Waals surface area contributed by atoms with E-state index in [0.717, 1.165) is 29.9 Å². The van der Waals surface area contributed by atoms with Crippen molar-refractivity contribution in [2.45, 2.75) is 45.6 Å². The standard InChI is InChI=1S/C27H31NO3/c1-4-20(2)25-12-8-9-13-26(25)31-21(3)27(29)28-23-14-16-24(17-15-23)30-19-18-22-10-6-5-7-11-22/h5-17,20-21H,4,18-19H2,1-3H3,(H,28,29). The highest BCUT2D eigenvalue weighted by Gasteiger charge is 2.18. The van der Waals surface area contributed by atoms with Crippen LogP contribution in [0.5, 0.6) is 11.5 Å². The monoisotopic (exact) mass is 417 g/mol. The molecule has 0 aliphatic carbocycles. The van der Waals surface area contributed by atoms with Crippen molar-refractivity contribution in [3.63, 3.8) is 0 Å². The fourth-order valence-corrected chi connectivity index (χ4v) is 3.27. The van der Waals surface area contributed by atoms with Crippen LogP contribution in [-0.2, 0) is 11.2 Å². The molecule has 1 N–H and O–H groups in total. The lowest BCUT2D eigenvalue weighted by atomic mass is 9.98. The zero-order chi connectivity index (χ0) is 22.1. The van der Waals surface area contributed by atoms with Crippen LogP contribution < -0.4 is 14.8 Å². The summed E-state index contributed by atoms with van der Waals surface area (Å²) < 4.78 is 11.8. The number of para-hydroxylation sites is 1. The van der Waals surface area contributed by atoms with Crippen LogP contribution in [0.1, 0.15) is 44.2 Å². The smallest absolute Gasteiger partial charge is 0.265 e. The molecule has 4 heteroatoms. The molecule has 2 unspecified atom stereocenters. The molecule has 0 fully saturated rings. The van der Waals surface area contributed by atoms with E-state index >= 15 is 0 Å². The predicted molar refractivity (Wildman–Crippen MR) is 126 cm³/mol. The summed E-state index contributed by atoms with van der Waals surface area (Å²) in [6.07, 6.45) is 1.26. The number of benzene rings is 3. The van der Waals surface area contributed by atoms with E-state index in [-0.39, 0.29) is 5.91 Å². The van der Waals surface area contributed by atoms with Gasteiger partial charge in [-0.25, -0.2) is 0 Å². The lowest BCUT2D eigenvalue weighted by Gasteiger charge is -2.19. The molecule has 0 aromatic heterocycles. The average Bonchev–Trinajstić information content (AvgIpc) is 2.80. The van der Waals surface area contributed by atoms with Gasteiger partial charge in [0.05, 0.1) is 6.61 Å². The van der Waals surface area contributed by atoms with Crippen molar-refractivity contribution in [3.05, 3.63) is 90.0 Å². The van der Waals surface area contributed by atoms with Crippen LogP contribution in [0, 0.1) is 0 Å². The molecule has 0 radical (unpaired) electrons. The minimum absolute atomic E-state index is 0.184. The fraction of sp³-hybridized carbons (Fsp3) is 0.296. The average molecular weight is 418 g/mol. The Morgan fingerprint density at radius 2 is 1.58 bits per heavy atom. The van der Waals surface area contributed by atoms with E-state index in [9.17, 15) is 4.79 Å². The molecular formula is C27H31NO3. The van der Waals surface area contributed by atoms with Crippen molar-refractivity contribution in [1.29, 1.82) is 0 Å². The van der Waals surface area contributed by atoms with Crippen LogP contribution >= 0.6 is 0 Å². The first kappa shape index (κ1) is 22.4. The molecule has 0 saturated heterocycles. The van der Waals surface area contributed by atoms with Gasteiger partial charge in [0, 0.05) is 12.1 Å². The molecular weight excluding hydrogens is 386 g/mol. The van der Waals surface area contributed by atoms with Gasteiger partial charge in [0.15, 0.2) is 6.10 Å². The van der Waals surface area contributed by atoms with Crippen LogP contribution in [0.25, 0.3) is 0 Å². The highest BCUT2D eigenvalue weighted by molar-refractivity contribution is 5.94. The number of nitrogens with one attached hydrogen (secondary N) is 1. The van der Waals surface area contributed by atoms with E-state index in [1.807, 2.05) is 60.7 Å². The van der Waals surface area contributed by atoms with Gasteiger partial charge in [0.1, 0.15) is 11.5 Å². The molecule has 1 amide bonds. The van der Waals surface area contributed by atoms with Gasteiger partial charge in [-0.3, -0.25) is 4.79 Å². The van der Waals surface area contributed by atoms with Crippen molar-refractivity contribution >= 4 is 11.6 Å². The van der Waals surface area contributed by atoms with Gasteiger partial charge in [0.2, 0.25) is 0 Å². The Morgan fingerprint density at radius 3 is 2.29 bits per heavy atom. The summed E-state index contributed by atoms with van der Waals surface area (Å²) in [4.78, 5) is 12.6. The number of ether oxygens (including phenoxy) is 2. The van der Waals surface area contributed by atoms with E-state index in [1.54, 1.807) is 6.92 Å². The largest absolute Gasteiger partial charge is 0.493 e. The number of rotatable bonds is 10. The normalized spacial score (nSPS) is 12.6. The molecule has 0 aliphatic heterocycles. The van der Waals surface area contributed by atoms with Crippen molar-refractivity contribution in [2.24, 2.45) is 0 Å². The zero-order valence-electron chi connectivity index (χ0n) is 18.5. The molecule has 0 bridgehead atoms. The van der Waals surface area contributed by atoms with Gasteiger partial charge in [-0.2, -0.15) is 0 Å². The first-order chi connectivity index (χ1) is 15.1. The summed E-state index contributed by atoms with van der Waals surface area (Å²) in [6, 6.07) is 25.6. The van der Waals surface area contributed by atoms with E-state index in [0.29, 0.717) is 18.2 Å². The minimum atomic E-state index is -0.605. The Kier molecular flexibility index (Phi) is 8.11. The maximum atomic E-state index is 12.6. The molecule has 162 valence electrons. The van der Waals surface area contributed by atoms with Crippen LogP contribution in [0.3, 0.4) is 0 Å². The van der Waals surface area contributed by atoms with Gasteiger partial charge >= 0.3 is 0 Å². The topological polar surface area (TPSA) is 47.6 Å². The number of hydrogen-bond acceptors (Lipinski definition) is 3. The molecule has 4 nitrogen and oxygen atoms in total. The highest BCUT2D eigenvalue weighted by atomic mass is 16.5. The second kappa shape index (κ2) is 11.2. The number of amides is 1. The van der Waals surface area contributed by atoms with E-state index in [2.05, 4.69) is 37.4 Å². The fourth-order valence-electron chi connectivity index (χ4n) is 3.27. The van der Waals surface area contributed by atoms with Gasteiger partial charge in [-0.05, 0) is 60.7 Å². The van der Waals surface area contributed by atoms with Crippen molar-refractivity contribution < 1.29 is 14.3 Å². The third-order valence-corrected chi connectivity index (χ3v) is 5.36. The Hall–Kier alpha value is -3.27. The predicted octanol–water partition coefficient (Wildman–Crippen LogP) is 6.23. The third-order valence-electron chi connectivity index (χ3n) is 5.36. The van der Waals surface area contributed by atoms with E-state index in [1.165, 1.54) is 5.56 Å². The maximum Gasteiger partial charge on any atom is 0.265 e. The molecule has 2 atom stereocenters. The lowest BCUT2D eigenvalue weighted by molar-refractivity contribution is -0.122. The summed E-state index contributed by atoms with van der Waals surface area (Å²) >= 11 is 0. The Bertz CT molecular complexity index is 954. The quantitative estimate of drug-likeness (QED) is 0.425. The first-order valence-electron chi connectivity index (χ1n) is 10.9. The summed E-state index contributed by atoms with van der Waals surface area (Å²) in [7, 11) is 0. The Morgan fingerprint density at radius 1 is 0.903 bits per heavy atom. The molecule has 0 heterocycles. The van der Waals surface area contributed by atoms with Crippen molar-refractivity contribution in [2.75, 3.05) is 11.9 Å². The lowest BCUT2D eigenvalue weighted by Crippen LogP contribution is -2.30. The molecule has 31 heavy (non-hydrogen) atoms. The second-order valence-corrected chi connectivity index (χ2v) is 7.70. The third kappa shape index (κ3) is 6.61. The van der Waals surface area contributed by atoms with Gasteiger partial charge < -0.3 is 14.8 Å². The Labute approximate surface area is 185 Å². The van der Waals surface area contributed by atoms with E-state index < -0.39 is 6.10 Å². The van der Waals surface area contributed by atoms with Crippen LogP contribution in [0.2, 0.25) is 0 Å². The number of carbonyl (C=O) groups excluding carboxylic acids is 1. The van der Waals surface area contributed by atoms with Crippen LogP contribution in [0.15, 0.2) is 78.9 Å². The van der Waals surface area contributed by atoms with Gasteiger partial charge in [0.25, 0.3) is 5.91 Å². The summed E-state index contributed by atoms with van der Waals surface area (Å²) in [5, 5.41) is 2.91. The molecule has 0 aliphatic rings. The van der Waals surface area contributed by atoms with Gasteiger partial charge in [-0.15, -0.1) is 0 Å². The number of carbonyl (C=O) groups is 1. The van der Waals surface area contributed by atoms with Gasteiger partial charge in [-0.1, -0.05) is 62.4 Å². The SMILES string of the molecule is CCC(C)c1ccccc1OC(C)C(=O)Nc1ccc(OCCc2ccccc2)cc1. The molecule has 3 aromatic carbocycles. The molecule has 0 spiro atoms.